The lowest BCUT2D eigenvalue weighted by Crippen LogP contribution is -2.37. The van der Waals surface area contributed by atoms with Gasteiger partial charge in [-0.15, -0.1) is 22.7 Å². The summed E-state index contributed by atoms with van der Waals surface area (Å²) in [6.45, 7) is 0. The molecule has 1 aromatic carbocycles. The van der Waals surface area contributed by atoms with Crippen LogP contribution in [0.25, 0.3) is 16.3 Å². The fourth-order valence-electron chi connectivity index (χ4n) is 2.92. The van der Waals surface area contributed by atoms with E-state index in [9.17, 15) is 13.2 Å². The predicted molar refractivity (Wildman–Crippen MR) is 117 cm³/mol. The first-order valence-electron chi connectivity index (χ1n) is 8.22. The van der Waals surface area contributed by atoms with Crippen molar-refractivity contribution in [2.75, 3.05) is 19.5 Å². The number of ether oxygens (including phenoxy) is 1. The van der Waals surface area contributed by atoms with Crippen LogP contribution >= 0.6 is 38.6 Å². The molecule has 0 saturated heterocycles. The van der Waals surface area contributed by atoms with Crippen molar-refractivity contribution in [2.45, 2.75) is 4.90 Å². The molecule has 0 atom stereocenters. The van der Waals surface area contributed by atoms with E-state index in [0.29, 0.717) is 10.7 Å². The van der Waals surface area contributed by atoms with Gasteiger partial charge in [0.25, 0.3) is 15.9 Å². The SMILES string of the molecule is COC1=C(C(=O)Nc2nc(-c3ccc(Br)s3)cs2)N(C)S(=O)(=O)c2ccccc21. The summed E-state index contributed by atoms with van der Waals surface area (Å²) in [6, 6.07) is 10.3. The van der Waals surface area contributed by atoms with Crippen molar-refractivity contribution in [1.82, 2.24) is 9.29 Å². The molecule has 1 aliphatic heterocycles. The standard InChI is InChI=1S/C18H14BrN3O4S3/c1-22-15(16(26-2)10-5-3-4-6-13(10)29(22,24)25)17(23)21-18-20-11(9-27-18)12-7-8-14(19)28-12/h3-9H,1-2H3,(H,20,21,23). The lowest BCUT2D eigenvalue weighted by atomic mass is 10.1. The number of halogens is 1. The number of benzene rings is 1. The number of fused-ring (bicyclic) bond motifs is 1. The van der Waals surface area contributed by atoms with Crippen LogP contribution in [-0.2, 0) is 19.6 Å². The maximum absolute atomic E-state index is 13.0. The molecule has 0 spiro atoms. The van der Waals surface area contributed by atoms with Crippen molar-refractivity contribution in [3.8, 4) is 10.6 Å². The molecule has 1 amide bonds. The van der Waals surface area contributed by atoms with Crippen molar-refractivity contribution in [2.24, 2.45) is 0 Å². The van der Waals surface area contributed by atoms with Gasteiger partial charge < -0.3 is 4.74 Å². The van der Waals surface area contributed by atoms with Gasteiger partial charge in [-0.25, -0.2) is 13.4 Å². The largest absolute Gasteiger partial charge is 0.494 e. The van der Waals surface area contributed by atoms with Crippen molar-refractivity contribution in [1.29, 1.82) is 0 Å². The van der Waals surface area contributed by atoms with Gasteiger partial charge in [-0.1, -0.05) is 12.1 Å². The highest BCUT2D eigenvalue weighted by atomic mass is 79.9. The molecule has 0 saturated carbocycles. The number of likely N-dealkylation sites (N-methyl/N-ethyl adjacent to an activating group) is 1. The Morgan fingerprint density at radius 2 is 2.00 bits per heavy atom. The average Bonchev–Trinajstić information content (AvgIpc) is 3.33. The maximum Gasteiger partial charge on any atom is 0.278 e. The number of anilines is 1. The van der Waals surface area contributed by atoms with E-state index in [4.69, 9.17) is 4.74 Å². The number of sulfonamides is 1. The predicted octanol–water partition coefficient (Wildman–Crippen LogP) is 4.22. The fourth-order valence-corrected chi connectivity index (χ4v) is 6.44. The summed E-state index contributed by atoms with van der Waals surface area (Å²) in [5.41, 5.74) is 0.986. The van der Waals surface area contributed by atoms with Crippen LogP contribution in [0.15, 0.2) is 56.2 Å². The number of methoxy groups -OCH3 is 1. The first kappa shape index (κ1) is 20.1. The van der Waals surface area contributed by atoms with Crippen LogP contribution in [0.1, 0.15) is 5.56 Å². The number of amides is 1. The third-order valence-electron chi connectivity index (χ3n) is 4.27. The molecule has 11 heteroatoms. The van der Waals surface area contributed by atoms with Gasteiger partial charge >= 0.3 is 0 Å². The van der Waals surface area contributed by atoms with Crippen LogP contribution in [0.5, 0.6) is 0 Å². The molecule has 3 aromatic rings. The molecule has 0 bridgehead atoms. The first-order chi connectivity index (χ1) is 13.8. The fraction of sp³-hybridized carbons (Fsp3) is 0.111. The number of carbonyl (C=O) groups excluding carboxylic acids is 1. The summed E-state index contributed by atoms with van der Waals surface area (Å²) in [7, 11) is -1.14. The summed E-state index contributed by atoms with van der Waals surface area (Å²) >= 11 is 6.20. The topological polar surface area (TPSA) is 88.6 Å². The number of hydrogen-bond donors (Lipinski definition) is 1. The number of aromatic nitrogens is 1. The Morgan fingerprint density at radius 3 is 2.69 bits per heavy atom. The summed E-state index contributed by atoms with van der Waals surface area (Å²) < 4.78 is 33.1. The molecule has 7 nitrogen and oxygen atoms in total. The number of nitrogens with one attached hydrogen (secondary N) is 1. The van der Waals surface area contributed by atoms with Gasteiger partial charge in [-0.05, 0) is 40.2 Å². The highest BCUT2D eigenvalue weighted by Crippen LogP contribution is 2.37. The molecule has 0 unspecified atom stereocenters. The van der Waals surface area contributed by atoms with Crippen molar-refractivity contribution in [3.05, 3.63) is 56.8 Å². The zero-order valence-corrected chi connectivity index (χ0v) is 19.2. The Kier molecular flexibility index (Phi) is 5.23. The van der Waals surface area contributed by atoms with Gasteiger partial charge in [0.2, 0.25) is 0 Å². The van der Waals surface area contributed by atoms with Gasteiger partial charge in [0, 0.05) is 18.0 Å². The molecular weight excluding hydrogens is 498 g/mol. The summed E-state index contributed by atoms with van der Waals surface area (Å²) in [6.07, 6.45) is 0. The second kappa shape index (κ2) is 7.56. The second-order valence-corrected chi connectivity index (χ2v) is 11.2. The van der Waals surface area contributed by atoms with E-state index in [2.05, 4.69) is 26.2 Å². The first-order valence-corrected chi connectivity index (χ1v) is 12.1. The minimum absolute atomic E-state index is 0.0932. The van der Waals surface area contributed by atoms with E-state index in [1.165, 1.54) is 42.9 Å². The molecule has 29 heavy (non-hydrogen) atoms. The van der Waals surface area contributed by atoms with Gasteiger partial charge in [0.1, 0.15) is 0 Å². The third kappa shape index (κ3) is 3.48. The highest BCUT2D eigenvalue weighted by molar-refractivity contribution is 9.11. The molecule has 4 rings (SSSR count). The van der Waals surface area contributed by atoms with Crippen LogP contribution in [0, 0.1) is 0 Å². The van der Waals surface area contributed by atoms with Gasteiger partial charge in [0.15, 0.2) is 16.6 Å². The normalized spacial score (nSPS) is 15.2. The van der Waals surface area contributed by atoms with Crippen LogP contribution in [0.4, 0.5) is 5.13 Å². The Bertz CT molecular complexity index is 1250. The summed E-state index contributed by atoms with van der Waals surface area (Å²) in [5.74, 6) is -0.426. The van der Waals surface area contributed by atoms with Crippen molar-refractivity contribution in [3.63, 3.8) is 0 Å². The maximum atomic E-state index is 13.0. The molecule has 1 aliphatic rings. The Hall–Kier alpha value is -2.21. The molecular formula is C18H14BrN3O4S3. The minimum Gasteiger partial charge on any atom is -0.494 e. The molecule has 0 radical (unpaired) electrons. The van der Waals surface area contributed by atoms with E-state index in [1.54, 1.807) is 18.2 Å². The number of hydrogen-bond acceptors (Lipinski definition) is 7. The number of carbonyl (C=O) groups is 1. The van der Waals surface area contributed by atoms with Crippen molar-refractivity contribution >= 4 is 65.4 Å². The third-order valence-corrected chi connectivity index (χ3v) is 8.49. The van der Waals surface area contributed by atoms with Crippen molar-refractivity contribution < 1.29 is 17.9 Å². The summed E-state index contributed by atoms with van der Waals surface area (Å²) in [5, 5.41) is 4.88. The van der Waals surface area contributed by atoms with E-state index >= 15 is 0 Å². The van der Waals surface area contributed by atoms with Gasteiger partial charge in [-0.3, -0.25) is 14.4 Å². The molecule has 3 heterocycles. The molecule has 1 N–H and O–H groups in total. The van der Waals surface area contributed by atoms with Crippen LogP contribution in [0.3, 0.4) is 0 Å². The highest BCUT2D eigenvalue weighted by Gasteiger charge is 2.38. The zero-order chi connectivity index (χ0) is 20.8. The minimum atomic E-state index is -3.87. The number of thiazole rings is 1. The number of thiophene rings is 1. The zero-order valence-electron chi connectivity index (χ0n) is 15.2. The lowest BCUT2D eigenvalue weighted by Gasteiger charge is -2.29. The number of rotatable bonds is 4. The molecule has 0 aliphatic carbocycles. The Labute approximate surface area is 183 Å². The summed E-state index contributed by atoms with van der Waals surface area (Å²) in [4.78, 5) is 18.5. The molecule has 150 valence electrons. The Morgan fingerprint density at radius 1 is 1.24 bits per heavy atom. The molecule has 2 aromatic heterocycles. The van der Waals surface area contributed by atoms with Crippen LogP contribution in [0.2, 0.25) is 0 Å². The van der Waals surface area contributed by atoms with Gasteiger partial charge in [0.05, 0.1) is 26.4 Å². The van der Waals surface area contributed by atoms with E-state index in [0.717, 1.165) is 18.7 Å². The number of nitrogens with zero attached hydrogens (tertiary/aromatic N) is 2. The second-order valence-electron chi connectivity index (χ2n) is 5.95. The van der Waals surface area contributed by atoms with E-state index < -0.39 is 15.9 Å². The van der Waals surface area contributed by atoms with Crippen LogP contribution in [-0.4, -0.2) is 37.8 Å². The lowest BCUT2D eigenvalue weighted by molar-refractivity contribution is -0.113. The monoisotopic (exact) mass is 511 g/mol. The molecule has 0 fully saturated rings. The smallest absolute Gasteiger partial charge is 0.278 e. The van der Waals surface area contributed by atoms with Crippen LogP contribution < -0.4 is 5.32 Å². The van der Waals surface area contributed by atoms with Gasteiger partial charge in [-0.2, -0.15) is 0 Å². The quantitative estimate of drug-likeness (QED) is 0.566. The van der Waals surface area contributed by atoms with E-state index in [-0.39, 0.29) is 16.4 Å². The van der Waals surface area contributed by atoms with E-state index in [1.807, 2.05) is 17.5 Å². The Balaban J connectivity index is 1.71. The average molecular weight is 512 g/mol.